The second-order valence-corrected chi connectivity index (χ2v) is 7.06. The smallest absolute Gasteiger partial charge is 0.322 e. The van der Waals surface area contributed by atoms with E-state index in [1.807, 2.05) is 29.2 Å². The molecular formula is C19H20ClN3O2. The number of amides is 2. The van der Waals surface area contributed by atoms with Crippen LogP contribution in [0.3, 0.4) is 0 Å². The Labute approximate surface area is 152 Å². The van der Waals surface area contributed by atoms with Gasteiger partial charge in [-0.1, -0.05) is 11.6 Å². The zero-order chi connectivity index (χ0) is 17.2. The number of piperidine rings is 1. The molecule has 130 valence electrons. The summed E-state index contributed by atoms with van der Waals surface area (Å²) in [6, 6.07) is 11.4. The van der Waals surface area contributed by atoms with Gasteiger partial charge in [-0.05, 0) is 49.2 Å². The van der Waals surface area contributed by atoms with Crippen molar-refractivity contribution < 1.29 is 9.53 Å². The Morgan fingerprint density at radius 1 is 1.08 bits per heavy atom. The van der Waals surface area contributed by atoms with Crippen molar-refractivity contribution in [3.8, 4) is 5.75 Å². The van der Waals surface area contributed by atoms with E-state index in [0.717, 1.165) is 37.1 Å². The van der Waals surface area contributed by atoms with Gasteiger partial charge >= 0.3 is 6.03 Å². The van der Waals surface area contributed by atoms with Gasteiger partial charge in [-0.3, -0.25) is 4.98 Å². The summed E-state index contributed by atoms with van der Waals surface area (Å²) >= 11 is 5.89. The lowest BCUT2D eigenvalue weighted by Crippen LogP contribution is -2.50. The predicted molar refractivity (Wildman–Crippen MR) is 97.0 cm³/mol. The van der Waals surface area contributed by atoms with Gasteiger partial charge in [0.05, 0.1) is 0 Å². The minimum atomic E-state index is -0.0304. The Kier molecular flexibility index (Phi) is 4.49. The molecule has 2 saturated heterocycles. The van der Waals surface area contributed by atoms with Crippen LogP contribution in [0.15, 0.2) is 48.8 Å². The highest BCUT2D eigenvalue weighted by Gasteiger charge is 2.44. The summed E-state index contributed by atoms with van der Waals surface area (Å²) in [6.45, 7) is 0. The Hall–Kier alpha value is -2.27. The van der Waals surface area contributed by atoms with Crippen LogP contribution in [-0.4, -0.2) is 34.1 Å². The summed E-state index contributed by atoms with van der Waals surface area (Å²) < 4.78 is 6.08. The number of hydrogen-bond acceptors (Lipinski definition) is 3. The fraction of sp³-hybridized carbons (Fsp3) is 0.368. The lowest BCUT2D eigenvalue weighted by atomic mass is 10.00. The fourth-order valence-corrected chi connectivity index (χ4v) is 4.01. The molecule has 0 spiro atoms. The summed E-state index contributed by atoms with van der Waals surface area (Å²) in [6.07, 6.45) is 7.43. The molecule has 2 unspecified atom stereocenters. The van der Waals surface area contributed by atoms with Crippen molar-refractivity contribution in [2.45, 2.75) is 43.9 Å². The second kappa shape index (κ2) is 6.92. The van der Waals surface area contributed by atoms with E-state index in [2.05, 4.69) is 10.3 Å². The van der Waals surface area contributed by atoms with E-state index in [-0.39, 0.29) is 24.2 Å². The average molecular weight is 358 g/mol. The molecule has 1 N–H and O–H groups in total. The molecule has 4 rings (SSSR count). The summed E-state index contributed by atoms with van der Waals surface area (Å²) in [7, 11) is 0. The first kappa shape index (κ1) is 16.2. The van der Waals surface area contributed by atoms with Crippen LogP contribution >= 0.6 is 11.6 Å². The van der Waals surface area contributed by atoms with Crippen LogP contribution in [0.1, 0.15) is 25.7 Å². The van der Waals surface area contributed by atoms with E-state index in [1.54, 1.807) is 24.5 Å². The molecule has 2 amide bonds. The Balaban J connectivity index is 1.40. The molecule has 1 aromatic heterocycles. The number of halogens is 1. The van der Waals surface area contributed by atoms with Gasteiger partial charge < -0.3 is 15.0 Å². The van der Waals surface area contributed by atoms with Crippen molar-refractivity contribution in [2.75, 3.05) is 5.32 Å². The average Bonchev–Trinajstić information content (AvgIpc) is 2.89. The van der Waals surface area contributed by atoms with Gasteiger partial charge in [0.2, 0.25) is 0 Å². The molecule has 1 aromatic carbocycles. The normalized spacial score (nSPS) is 24.8. The largest absolute Gasteiger partial charge is 0.490 e. The lowest BCUT2D eigenvalue weighted by molar-refractivity contribution is 0.0732. The lowest BCUT2D eigenvalue weighted by Gasteiger charge is -2.38. The first-order valence-electron chi connectivity index (χ1n) is 8.60. The second-order valence-electron chi connectivity index (χ2n) is 6.62. The van der Waals surface area contributed by atoms with E-state index < -0.39 is 0 Å². The van der Waals surface area contributed by atoms with Crippen molar-refractivity contribution in [3.63, 3.8) is 0 Å². The number of anilines is 1. The molecule has 0 saturated carbocycles. The maximum absolute atomic E-state index is 12.7. The molecule has 2 aliphatic heterocycles. The Morgan fingerprint density at radius 3 is 2.36 bits per heavy atom. The van der Waals surface area contributed by atoms with Crippen molar-refractivity contribution in [3.05, 3.63) is 53.8 Å². The standard InChI is InChI=1S/C19H20ClN3O2/c20-13-1-3-14(4-2-13)22-19(24)23-15-5-6-16(23)12-18(11-15)25-17-7-9-21-10-8-17/h1-4,7-10,15-16,18H,5-6,11-12H2,(H,22,24). The third-order valence-corrected chi connectivity index (χ3v) is 5.22. The van der Waals surface area contributed by atoms with Gasteiger partial charge in [-0.2, -0.15) is 0 Å². The van der Waals surface area contributed by atoms with Gasteiger partial charge in [0, 0.05) is 48.0 Å². The number of carbonyl (C=O) groups excluding carboxylic acids is 1. The minimum absolute atomic E-state index is 0.0304. The van der Waals surface area contributed by atoms with Crippen molar-refractivity contribution in [1.29, 1.82) is 0 Å². The van der Waals surface area contributed by atoms with Gasteiger partial charge in [0.15, 0.2) is 0 Å². The molecule has 2 bridgehead atoms. The minimum Gasteiger partial charge on any atom is -0.490 e. The molecule has 2 aliphatic rings. The van der Waals surface area contributed by atoms with Gasteiger partial charge in [0.1, 0.15) is 11.9 Å². The summed E-state index contributed by atoms with van der Waals surface area (Å²) in [5.41, 5.74) is 0.768. The highest BCUT2D eigenvalue weighted by Crippen LogP contribution is 2.37. The number of nitrogens with one attached hydrogen (secondary N) is 1. The van der Waals surface area contributed by atoms with Crippen molar-refractivity contribution in [1.82, 2.24) is 9.88 Å². The van der Waals surface area contributed by atoms with E-state index in [9.17, 15) is 4.79 Å². The number of nitrogens with zero attached hydrogens (tertiary/aromatic N) is 2. The monoisotopic (exact) mass is 357 g/mol. The SMILES string of the molecule is O=C(Nc1ccc(Cl)cc1)N1C2CCC1CC(Oc1ccncc1)C2. The van der Waals surface area contributed by atoms with E-state index >= 15 is 0 Å². The number of ether oxygens (including phenoxy) is 1. The molecule has 0 radical (unpaired) electrons. The maximum atomic E-state index is 12.7. The molecule has 2 aromatic rings. The first-order valence-corrected chi connectivity index (χ1v) is 8.98. The number of aromatic nitrogens is 1. The molecule has 5 nitrogen and oxygen atoms in total. The topological polar surface area (TPSA) is 54.5 Å². The van der Waals surface area contributed by atoms with E-state index in [1.165, 1.54) is 0 Å². The summed E-state index contributed by atoms with van der Waals surface area (Å²) in [5, 5.41) is 3.64. The van der Waals surface area contributed by atoms with Crippen LogP contribution in [0.5, 0.6) is 5.75 Å². The number of fused-ring (bicyclic) bond motifs is 2. The molecular weight excluding hydrogens is 338 g/mol. The summed E-state index contributed by atoms with van der Waals surface area (Å²) in [4.78, 5) is 18.7. The van der Waals surface area contributed by atoms with Crippen LogP contribution < -0.4 is 10.1 Å². The molecule has 6 heteroatoms. The Bertz CT molecular complexity index is 724. The fourth-order valence-electron chi connectivity index (χ4n) is 3.89. The van der Waals surface area contributed by atoms with Gasteiger partial charge in [-0.25, -0.2) is 4.79 Å². The number of rotatable bonds is 3. The quantitative estimate of drug-likeness (QED) is 0.888. The molecule has 3 heterocycles. The van der Waals surface area contributed by atoms with Crippen LogP contribution in [0, 0.1) is 0 Å². The molecule has 25 heavy (non-hydrogen) atoms. The van der Waals surface area contributed by atoms with E-state index in [4.69, 9.17) is 16.3 Å². The number of carbonyl (C=O) groups is 1. The van der Waals surface area contributed by atoms with Crippen molar-refractivity contribution >= 4 is 23.3 Å². The number of urea groups is 1. The van der Waals surface area contributed by atoms with Gasteiger partial charge in [-0.15, -0.1) is 0 Å². The maximum Gasteiger partial charge on any atom is 0.322 e. The van der Waals surface area contributed by atoms with Crippen molar-refractivity contribution in [2.24, 2.45) is 0 Å². The number of benzene rings is 1. The zero-order valence-electron chi connectivity index (χ0n) is 13.8. The third-order valence-electron chi connectivity index (χ3n) is 4.97. The van der Waals surface area contributed by atoms with Crippen LogP contribution in [-0.2, 0) is 0 Å². The van der Waals surface area contributed by atoms with Gasteiger partial charge in [0.25, 0.3) is 0 Å². The predicted octanol–water partition coefficient (Wildman–Crippen LogP) is 4.34. The highest BCUT2D eigenvalue weighted by atomic mass is 35.5. The number of hydrogen-bond donors (Lipinski definition) is 1. The summed E-state index contributed by atoms with van der Waals surface area (Å²) in [5.74, 6) is 0.846. The third kappa shape index (κ3) is 3.56. The molecule has 2 fully saturated rings. The van der Waals surface area contributed by atoms with E-state index in [0.29, 0.717) is 5.02 Å². The van der Waals surface area contributed by atoms with Crippen LogP contribution in [0.4, 0.5) is 10.5 Å². The first-order chi connectivity index (χ1) is 12.2. The van der Waals surface area contributed by atoms with Crippen LogP contribution in [0.25, 0.3) is 0 Å². The highest BCUT2D eigenvalue weighted by molar-refractivity contribution is 6.30. The zero-order valence-corrected chi connectivity index (χ0v) is 14.5. The Morgan fingerprint density at radius 2 is 1.72 bits per heavy atom. The molecule has 2 atom stereocenters. The van der Waals surface area contributed by atoms with Crippen LogP contribution in [0.2, 0.25) is 5.02 Å². The number of pyridine rings is 1. The molecule has 0 aliphatic carbocycles.